The standard InChI is InChI=1S/C12H11BrN2O3/c1-7-5-11(15(2)14-7)18-10-4-3-8(12(16)17)6-9(10)13/h3-6H,1-2H3,(H,16,17). The number of carbonyl (C=O) groups is 1. The van der Waals surface area contributed by atoms with E-state index in [4.69, 9.17) is 9.84 Å². The molecule has 1 aromatic carbocycles. The van der Waals surface area contributed by atoms with Crippen molar-refractivity contribution in [2.24, 2.45) is 7.05 Å². The topological polar surface area (TPSA) is 64.3 Å². The molecule has 5 nitrogen and oxygen atoms in total. The lowest BCUT2D eigenvalue weighted by molar-refractivity contribution is 0.0697. The summed E-state index contributed by atoms with van der Waals surface area (Å²) in [6.07, 6.45) is 0. The van der Waals surface area contributed by atoms with Gasteiger partial charge >= 0.3 is 5.97 Å². The summed E-state index contributed by atoms with van der Waals surface area (Å²) in [4.78, 5) is 10.8. The van der Waals surface area contributed by atoms with Crippen LogP contribution in [0.25, 0.3) is 0 Å². The first-order valence-corrected chi connectivity index (χ1v) is 5.98. The second-order valence-corrected chi connectivity index (χ2v) is 4.65. The van der Waals surface area contributed by atoms with E-state index in [1.807, 2.05) is 6.92 Å². The van der Waals surface area contributed by atoms with Gasteiger partial charge in [0.25, 0.3) is 0 Å². The Kier molecular flexibility index (Phi) is 3.38. The predicted molar refractivity (Wildman–Crippen MR) is 69.1 cm³/mol. The number of nitrogens with zero attached hydrogens (tertiary/aromatic N) is 2. The monoisotopic (exact) mass is 310 g/mol. The molecule has 0 saturated carbocycles. The molecule has 2 aromatic rings. The number of benzene rings is 1. The van der Waals surface area contributed by atoms with Gasteiger partial charge in [0.1, 0.15) is 5.75 Å². The van der Waals surface area contributed by atoms with Crippen molar-refractivity contribution in [3.05, 3.63) is 40.0 Å². The van der Waals surface area contributed by atoms with Crippen LogP contribution in [0, 0.1) is 6.92 Å². The molecule has 0 saturated heterocycles. The third-order valence-corrected chi connectivity index (χ3v) is 2.97. The van der Waals surface area contributed by atoms with E-state index < -0.39 is 5.97 Å². The zero-order valence-electron chi connectivity index (χ0n) is 9.85. The highest BCUT2D eigenvalue weighted by molar-refractivity contribution is 9.10. The molecule has 1 heterocycles. The summed E-state index contributed by atoms with van der Waals surface area (Å²) in [5, 5.41) is 13.0. The number of aromatic carboxylic acids is 1. The molecule has 6 heteroatoms. The molecule has 0 atom stereocenters. The molecule has 18 heavy (non-hydrogen) atoms. The van der Waals surface area contributed by atoms with Crippen LogP contribution in [0.2, 0.25) is 0 Å². The molecule has 0 fully saturated rings. The summed E-state index contributed by atoms with van der Waals surface area (Å²) < 4.78 is 7.86. The fraction of sp³-hybridized carbons (Fsp3) is 0.167. The second-order valence-electron chi connectivity index (χ2n) is 3.80. The molecule has 1 aromatic heterocycles. The Morgan fingerprint density at radius 2 is 2.17 bits per heavy atom. The number of ether oxygens (including phenoxy) is 1. The van der Waals surface area contributed by atoms with E-state index in [2.05, 4.69) is 21.0 Å². The van der Waals surface area contributed by atoms with Gasteiger partial charge in [-0.05, 0) is 41.1 Å². The molecule has 1 N–H and O–H groups in total. The summed E-state index contributed by atoms with van der Waals surface area (Å²) in [5.74, 6) is 0.165. The summed E-state index contributed by atoms with van der Waals surface area (Å²) in [7, 11) is 1.78. The normalized spacial score (nSPS) is 10.4. The van der Waals surface area contributed by atoms with E-state index in [1.165, 1.54) is 12.1 Å². The zero-order valence-corrected chi connectivity index (χ0v) is 11.4. The van der Waals surface area contributed by atoms with Crippen molar-refractivity contribution in [3.63, 3.8) is 0 Å². The number of aromatic nitrogens is 2. The van der Waals surface area contributed by atoms with E-state index in [0.717, 1.165) is 5.69 Å². The van der Waals surface area contributed by atoms with E-state index in [-0.39, 0.29) is 5.56 Å². The number of carboxylic acid groups (broad SMARTS) is 1. The van der Waals surface area contributed by atoms with Crippen LogP contribution in [0.3, 0.4) is 0 Å². The number of carboxylic acids is 1. The first-order valence-electron chi connectivity index (χ1n) is 5.18. The number of halogens is 1. The van der Waals surface area contributed by atoms with Crippen LogP contribution >= 0.6 is 15.9 Å². The van der Waals surface area contributed by atoms with Crippen LogP contribution in [-0.4, -0.2) is 20.9 Å². The van der Waals surface area contributed by atoms with Gasteiger partial charge in [-0.15, -0.1) is 0 Å². The van der Waals surface area contributed by atoms with Crippen LogP contribution in [0.4, 0.5) is 0 Å². The van der Waals surface area contributed by atoms with Crippen molar-refractivity contribution in [1.29, 1.82) is 0 Å². The Balaban J connectivity index is 2.30. The van der Waals surface area contributed by atoms with Gasteiger partial charge in [-0.2, -0.15) is 5.10 Å². The Labute approximate surface area is 112 Å². The van der Waals surface area contributed by atoms with Gasteiger partial charge < -0.3 is 9.84 Å². The molecule has 0 unspecified atom stereocenters. The maximum Gasteiger partial charge on any atom is 0.335 e. The smallest absolute Gasteiger partial charge is 0.335 e. The Morgan fingerprint density at radius 1 is 1.44 bits per heavy atom. The van der Waals surface area contributed by atoms with Gasteiger partial charge in [0, 0.05) is 13.1 Å². The minimum Gasteiger partial charge on any atom is -0.478 e. The third-order valence-electron chi connectivity index (χ3n) is 2.35. The van der Waals surface area contributed by atoms with Crippen LogP contribution < -0.4 is 4.74 Å². The lowest BCUT2D eigenvalue weighted by Gasteiger charge is -2.07. The molecule has 2 rings (SSSR count). The Bertz CT molecular complexity index is 607. The van der Waals surface area contributed by atoms with Crippen molar-refractivity contribution < 1.29 is 14.6 Å². The molecule has 94 valence electrons. The van der Waals surface area contributed by atoms with Gasteiger partial charge in [0.2, 0.25) is 5.88 Å². The summed E-state index contributed by atoms with van der Waals surface area (Å²) in [6.45, 7) is 1.87. The lowest BCUT2D eigenvalue weighted by Crippen LogP contribution is -1.98. The summed E-state index contributed by atoms with van der Waals surface area (Å²) in [6, 6.07) is 6.40. The Morgan fingerprint density at radius 3 is 2.67 bits per heavy atom. The third kappa shape index (κ3) is 2.53. The van der Waals surface area contributed by atoms with Crippen molar-refractivity contribution in [3.8, 4) is 11.6 Å². The van der Waals surface area contributed by atoms with Crippen molar-refractivity contribution in [2.45, 2.75) is 6.92 Å². The summed E-state index contributed by atoms with van der Waals surface area (Å²) >= 11 is 3.29. The molecule has 0 spiro atoms. The van der Waals surface area contributed by atoms with Crippen LogP contribution in [0.5, 0.6) is 11.6 Å². The van der Waals surface area contributed by atoms with Crippen LogP contribution in [0.1, 0.15) is 16.1 Å². The van der Waals surface area contributed by atoms with Crippen molar-refractivity contribution in [1.82, 2.24) is 9.78 Å². The quantitative estimate of drug-likeness (QED) is 0.946. The highest BCUT2D eigenvalue weighted by Crippen LogP contribution is 2.30. The maximum atomic E-state index is 10.8. The number of hydrogen-bond acceptors (Lipinski definition) is 3. The minimum atomic E-state index is -0.973. The summed E-state index contributed by atoms with van der Waals surface area (Å²) in [5.41, 5.74) is 1.06. The molecule has 0 aliphatic rings. The van der Waals surface area contributed by atoms with E-state index in [0.29, 0.717) is 16.1 Å². The first kappa shape index (κ1) is 12.6. The van der Waals surface area contributed by atoms with Gasteiger partial charge in [-0.25, -0.2) is 9.48 Å². The molecule has 0 aliphatic heterocycles. The maximum absolute atomic E-state index is 10.8. The fourth-order valence-corrected chi connectivity index (χ4v) is 1.97. The fourth-order valence-electron chi connectivity index (χ4n) is 1.51. The number of aryl methyl sites for hydroxylation is 2. The largest absolute Gasteiger partial charge is 0.478 e. The molecular weight excluding hydrogens is 300 g/mol. The molecule has 0 bridgehead atoms. The van der Waals surface area contributed by atoms with Gasteiger partial charge in [0.15, 0.2) is 0 Å². The average Bonchev–Trinajstić information content (AvgIpc) is 2.60. The van der Waals surface area contributed by atoms with E-state index >= 15 is 0 Å². The highest BCUT2D eigenvalue weighted by Gasteiger charge is 2.10. The molecule has 0 amide bonds. The predicted octanol–water partition coefficient (Wildman–Crippen LogP) is 2.98. The lowest BCUT2D eigenvalue weighted by atomic mass is 10.2. The van der Waals surface area contributed by atoms with E-state index in [9.17, 15) is 4.79 Å². The zero-order chi connectivity index (χ0) is 13.3. The number of rotatable bonds is 3. The molecule has 0 radical (unpaired) electrons. The van der Waals surface area contributed by atoms with Gasteiger partial charge in [-0.3, -0.25) is 0 Å². The first-order chi connectivity index (χ1) is 8.47. The van der Waals surface area contributed by atoms with Gasteiger partial charge in [-0.1, -0.05) is 0 Å². The average molecular weight is 311 g/mol. The van der Waals surface area contributed by atoms with E-state index in [1.54, 1.807) is 23.9 Å². The number of hydrogen-bond donors (Lipinski definition) is 1. The molecular formula is C12H11BrN2O3. The SMILES string of the molecule is Cc1cc(Oc2ccc(C(=O)O)cc2Br)n(C)n1. The van der Waals surface area contributed by atoms with Crippen molar-refractivity contribution >= 4 is 21.9 Å². The minimum absolute atomic E-state index is 0.204. The Hall–Kier alpha value is -1.82. The molecule has 0 aliphatic carbocycles. The van der Waals surface area contributed by atoms with Gasteiger partial charge in [0.05, 0.1) is 15.7 Å². The highest BCUT2D eigenvalue weighted by atomic mass is 79.9. The van der Waals surface area contributed by atoms with Crippen LogP contribution in [-0.2, 0) is 7.05 Å². The second kappa shape index (κ2) is 4.81. The van der Waals surface area contributed by atoms with Crippen LogP contribution in [0.15, 0.2) is 28.7 Å². The van der Waals surface area contributed by atoms with Crippen molar-refractivity contribution in [2.75, 3.05) is 0 Å².